The Labute approximate surface area is 113 Å². The van der Waals surface area contributed by atoms with Gasteiger partial charge in [-0.25, -0.2) is 0 Å². The molecule has 1 aromatic carbocycles. The molecule has 2 atom stereocenters. The predicted octanol–water partition coefficient (Wildman–Crippen LogP) is 1.87. The van der Waals surface area contributed by atoms with Gasteiger partial charge in [-0.05, 0) is 18.4 Å². The second-order valence-corrected chi connectivity index (χ2v) is 4.78. The fourth-order valence-electron chi connectivity index (χ4n) is 2.71. The van der Waals surface area contributed by atoms with Crippen LogP contribution in [0.1, 0.15) is 38.3 Å². The summed E-state index contributed by atoms with van der Waals surface area (Å²) in [5.74, 6) is -0.0429. The third-order valence-electron chi connectivity index (χ3n) is 3.63. The molecule has 1 aliphatic heterocycles. The van der Waals surface area contributed by atoms with Gasteiger partial charge in [-0.15, -0.1) is 0 Å². The van der Waals surface area contributed by atoms with Crippen LogP contribution in [0.2, 0.25) is 0 Å². The lowest BCUT2D eigenvalue weighted by molar-refractivity contribution is -0.148. The zero-order chi connectivity index (χ0) is 13.8. The van der Waals surface area contributed by atoms with Crippen molar-refractivity contribution in [2.24, 2.45) is 0 Å². The highest BCUT2D eigenvalue weighted by molar-refractivity contribution is 5.95. The Balaban J connectivity index is 2.34. The first kappa shape index (κ1) is 13.6. The minimum Gasteiger partial charge on any atom is -0.345 e. The van der Waals surface area contributed by atoms with E-state index in [1.807, 2.05) is 44.2 Å². The molecule has 0 aliphatic carbocycles. The van der Waals surface area contributed by atoms with E-state index in [4.69, 9.17) is 0 Å². The van der Waals surface area contributed by atoms with Gasteiger partial charge in [0.1, 0.15) is 6.04 Å². The van der Waals surface area contributed by atoms with Crippen LogP contribution in [0.5, 0.6) is 0 Å². The Bertz CT molecular complexity index is 458. The summed E-state index contributed by atoms with van der Waals surface area (Å²) in [6.45, 7) is 4.09. The van der Waals surface area contributed by atoms with Crippen molar-refractivity contribution < 1.29 is 9.59 Å². The highest BCUT2D eigenvalue weighted by Gasteiger charge is 2.37. The number of rotatable bonds is 4. The molecule has 2 amide bonds. The smallest absolute Gasteiger partial charge is 0.243 e. The number of hydrogen-bond donors (Lipinski definition) is 1. The lowest BCUT2D eigenvalue weighted by atomic mass is 9.98. The largest absolute Gasteiger partial charge is 0.345 e. The summed E-state index contributed by atoms with van der Waals surface area (Å²) < 4.78 is 0. The molecule has 0 bridgehead atoms. The Hall–Kier alpha value is -1.84. The molecule has 0 saturated carbocycles. The quantitative estimate of drug-likeness (QED) is 0.898. The first-order valence-electron chi connectivity index (χ1n) is 6.82. The zero-order valence-electron chi connectivity index (χ0n) is 11.4. The van der Waals surface area contributed by atoms with E-state index >= 15 is 0 Å². The topological polar surface area (TPSA) is 49.4 Å². The fraction of sp³-hybridized carbons (Fsp3) is 0.467. The van der Waals surface area contributed by atoms with Gasteiger partial charge in [-0.2, -0.15) is 0 Å². The molecule has 4 heteroatoms. The maximum Gasteiger partial charge on any atom is 0.243 e. The van der Waals surface area contributed by atoms with Crippen LogP contribution < -0.4 is 5.32 Å². The maximum absolute atomic E-state index is 12.2. The van der Waals surface area contributed by atoms with Crippen molar-refractivity contribution in [1.29, 1.82) is 0 Å². The van der Waals surface area contributed by atoms with Crippen LogP contribution in [-0.2, 0) is 9.59 Å². The Kier molecular flexibility index (Phi) is 4.20. The molecular formula is C15H20N2O2. The number of nitrogens with zero attached hydrogens (tertiary/aromatic N) is 1. The van der Waals surface area contributed by atoms with Gasteiger partial charge in [0.05, 0.1) is 12.6 Å². The standard InChI is InChI=1S/C15H20N2O2/c1-3-12(11-8-6-5-7-9-11)17-13(4-2)15(19)16-10-14(17)18/h5-9,12-13H,3-4,10H2,1-2H3,(H,16,19). The van der Waals surface area contributed by atoms with E-state index in [0.29, 0.717) is 6.42 Å². The van der Waals surface area contributed by atoms with Gasteiger partial charge in [-0.3, -0.25) is 9.59 Å². The van der Waals surface area contributed by atoms with Crippen LogP contribution >= 0.6 is 0 Å². The van der Waals surface area contributed by atoms with Gasteiger partial charge < -0.3 is 10.2 Å². The van der Waals surface area contributed by atoms with Crippen LogP contribution in [0, 0.1) is 0 Å². The summed E-state index contributed by atoms with van der Waals surface area (Å²) >= 11 is 0. The highest BCUT2D eigenvalue weighted by atomic mass is 16.2. The Morgan fingerprint density at radius 1 is 1.26 bits per heavy atom. The number of carbonyl (C=O) groups excluding carboxylic acids is 2. The van der Waals surface area contributed by atoms with Crippen molar-refractivity contribution in [1.82, 2.24) is 10.2 Å². The molecule has 1 aliphatic rings. The van der Waals surface area contributed by atoms with E-state index in [1.54, 1.807) is 4.90 Å². The molecule has 1 aromatic rings. The van der Waals surface area contributed by atoms with Crippen LogP contribution in [0.3, 0.4) is 0 Å². The normalized spacial score (nSPS) is 21.2. The Morgan fingerprint density at radius 3 is 2.53 bits per heavy atom. The summed E-state index contributed by atoms with van der Waals surface area (Å²) in [5.41, 5.74) is 1.09. The summed E-state index contributed by atoms with van der Waals surface area (Å²) in [6, 6.07) is 9.54. The van der Waals surface area contributed by atoms with Crippen molar-refractivity contribution in [2.75, 3.05) is 6.54 Å². The molecule has 19 heavy (non-hydrogen) atoms. The third-order valence-corrected chi connectivity index (χ3v) is 3.63. The number of nitrogens with one attached hydrogen (secondary N) is 1. The molecule has 2 unspecified atom stereocenters. The number of piperazine rings is 1. The first-order valence-corrected chi connectivity index (χ1v) is 6.82. The molecule has 1 heterocycles. The van der Waals surface area contributed by atoms with Crippen molar-refractivity contribution in [3.8, 4) is 0 Å². The summed E-state index contributed by atoms with van der Waals surface area (Å²) in [6.07, 6.45) is 1.44. The zero-order valence-corrected chi connectivity index (χ0v) is 11.4. The molecule has 1 N–H and O–H groups in total. The van der Waals surface area contributed by atoms with Crippen molar-refractivity contribution in [3.63, 3.8) is 0 Å². The van der Waals surface area contributed by atoms with Crippen LogP contribution in [0.25, 0.3) is 0 Å². The van der Waals surface area contributed by atoms with Crippen LogP contribution in [0.4, 0.5) is 0 Å². The molecule has 2 rings (SSSR count). The summed E-state index contributed by atoms with van der Waals surface area (Å²) in [7, 11) is 0. The van der Waals surface area contributed by atoms with E-state index in [9.17, 15) is 9.59 Å². The summed E-state index contributed by atoms with van der Waals surface area (Å²) in [4.78, 5) is 25.9. The van der Waals surface area contributed by atoms with Gasteiger partial charge in [-0.1, -0.05) is 44.2 Å². The van der Waals surface area contributed by atoms with Crippen molar-refractivity contribution in [2.45, 2.75) is 38.8 Å². The second kappa shape index (κ2) is 5.87. The fourth-order valence-corrected chi connectivity index (χ4v) is 2.71. The monoisotopic (exact) mass is 260 g/mol. The van der Waals surface area contributed by atoms with E-state index in [-0.39, 0.29) is 30.4 Å². The molecule has 1 saturated heterocycles. The second-order valence-electron chi connectivity index (χ2n) is 4.78. The molecule has 1 fully saturated rings. The average Bonchev–Trinajstić information content (AvgIpc) is 2.45. The average molecular weight is 260 g/mol. The lowest BCUT2D eigenvalue weighted by Crippen LogP contribution is -2.58. The van der Waals surface area contributed by atoms with E-state index in [1.165, 1.54) is 0 Å². The van der Waals surface area contributed by atoms with Crippen molar-refractivity contribution in [3.05, 3.63) is 35.9 Å². The van der Waals surface area contributed by atoms with Crippen LogP contribution in [0.15, 0.2) is 30.3 Å². The molecule has 4 nitrogen and oxygen atoms in total. The van der Waals surface area contributed by atoms with Gasteiger partial charge >= 0.3 is 0 Å². The lowest BCUT2D eigenvalue weighted by Gasteiger charge is -2.40. The number of amides is 2. The van der Waals surface area contributed by atoms with Gasteiger partial charge in [0.2, 0.25) is 11.8 Å². The Morgan fingerprint density at radius 2 is 1.95 bits per heavy atom. The van der Waals surface area contributed by atoms with E-state index in [0.717, 1.165) is 12.0 Å². The molecular weight excluding hydrogens is 240 g/mol. The predicted molar refractivity (Wildman–Crippen MR) is 73.4 cm³/mol. The van der Waals surface area contributed by atoms with Crippen molar-refractivity contribution >= 4 is 11.8 Å². The molecule has 0 aromatic heterocycles. The van der Waals surface area contributed by atoms with Gasteiger partial charge in [0, 0.05) is 0 Å². The van der Waals surface area contributed by atoms with Gasteiger partial charge in [0.25, 0.3) is 0 Å². The number of benzene rings is 1. The van der Waals surface area contributed by atoms with E-state index < -0.39 is 0 Å². The van der Waals surface area contributed by atoms with Crippen LogP contribution in [-0.4, -0.2) is 29.3 Å². The third kappa shape index (κ3) is 2.62. The summed E-state index contributed by atoms with van der Waals surface area (Å²) in [5, 5.41) is 2.66. The molecule has 0 spiro atoms. The number of hydrogen-bond acceptors (Lipinski definition) is 2. The highest BCUT2D eigenvalue weighted by Crippen LogP contribution is 2.28. The molecule has 0 radical (unpaired) electrons. The minimum absolute atomic E-state index is 0.00199. The molecule has 102 valence electrons. The van der Waals surface area contributed by atoms with Gasteiger partial charge in [0.15, 0.2) is 0 Å². The minimum atomic E-state index is -0.355. The van der Waals surface area contributed by atoms with E-state index in [2.05, 4.69) is 5.32 Å². The first-order chi connectivity index (χ1) is 9.19. The number of carbonyl (C=O) groups is 2. The SMILES string of the molecule is CCC1C(=O)NCC(=O)N1C(CC)c1ccccc1. The maximum atomic E-state index is 12.2.